The minimum absolute atomic E-state index is 0.00136. The van der Waals surface area contributed by atoms with Crippen molar-refractivity contribution in [2.45, 2.75) is 39.2 Å². The number of fused-ring (bicyclic) bond motifs is 2. The van der Waals surface area contributed by atoms with E-state index in [4.69, 9.17) is 0 Å². The number of rotatable bonds is 0. The molecule has 0 radical (unpaired) electrons. The van der Waals surface area contributed by atoms with Crippen LogP contribution >= 0.6 is 0 Å². The molecule has 78 valence electrons. The van der Waals surface area contributed by atoms with Crippen LogP contribution in [-0.2, 0) is 19.4 Å². The van der Waals surface area contributed by atoms with E-state index in [1.807, 2.05) is 0 Å². The van der Waals surface area contributed by atoms with Crippen LogP contribution in [0, 0.1) is 6.92 Å². The smallest absolute Gasteiger partial charge is 0.270 e. The van der Waals surface area contributed by atoms with Crippen molar-refractivity contribution in [1.29, 1.82) is 0 Å². The number of nitrogens with zero attached hydrogens (tertiary/aromatic N) is 1. The molecule has 3 nitrogen and oxygen atoms in total. The number of pyridine rings is 1. The Morgan fingerprint density at radius 2 is 2.00 bits per heavy atom. The van der Waals surface area contributed by atoms with Crippen LogP contribution in [0.15, 0.2) is 0 Å². The lowest BCUT2D eigenvalue weighted by molar-refractivity contribution is 0.0961. The Hall–Kier alpha value is -1.38. The Bertz CT molecular complexity index is 451. The third-order valence-corrected chi connectivity index (χ3v) is 3.52. The van der Waals surface area contributed by atoms with E-state index in [1.54, 1.807) is 0 Å². The second-order valence-electron chi connectivity index (χ2n) is 4.38. The first-order valence-corrected chi connectivity index (χ1v) is 5.57. The Labute approximate surface area is 88.9 Å². The van der Waals surface area contributed by atoms with Crippen molar-refractivity contribution in [3.8, 4) is 0 Å². The average molecular weight is 202 g/mol. The largest absolute Gasteiger partial charge is 0.347 e. The lowest BCUT2D eigenvalue weighted by Crippen LogP contribution is -2.15. The fraction of sp³-hybridized carbons (Fsp3) is 0.500. The molecule has 2 aliphatic rings. The second kappa shape index (κ2) is 3.05. The molecular weight excluding hydrogens is 188 g/mol. The summed E-state index contributed by atoms with van der Waals surface area (Å²) in [5, 5.41) is 2.85. The van der Waals surface area contributed by atoms with Crippen molar-refractivity contribution in [1.82, 2.24) is 10.3 Å². The SMILES string of the molecule is Cc1c2c(nc3c1CNC3=O)CCCC2. The number of aromatic nitrogens is 1. The third-order valence-electron chi connectivity index (χ3n) is 3.52. The van der Waals surface area contributed by atoms with Gasteiger partial charge in [0, 0.05) is 17.8 Å². The summed E-state index contributed by atoms with van der Waals surface area (Å²) in [6.07, 6.45) is 4.64. The number of carbonyl (C=O) groups is 1. The monoisotopic (exact) mass is 202 g/mol. The minimum Gasteiger partial charge on any atom is -0.347 e. The van der Waals surface area contributed by atoms with Gasteiger partial charge in [0.25, 0.3) is 5.91 Å². The quantitative estimate of drug-likeness (QED) is 0.693. The van der Waals surface area contributed by atoms with Gasteiger partial charge in [0.2, 0.25) is 0 Å². The van der Waals surface area contributed by atoms with Gasteiger partial charge in [-0.2, -0.15) is 0 Å². The number of nitrogens with one attached hydrogen (secondary N) is 1. The highest BCUT2D eigenvalue weighted by atomic mass is 16.2. The summed E-state index contributed by atoms with van der Waals surface area (Å²) in [5.41, 5.74) is 5.66. The first kappa shape index (κ1) is 8.89. The molecule has 3 rings (SSSR count). The Kier molecular flexibility index (Phi) is 1.81. The summed E-state index contributed by atoms with van der Waals surface area (Å²) < 4.78 is 0. The third kappa shape index (κ3) is 1.19. The van der Waals surface area contributed by atoms with Crippen LogP contribution in [0.5, 0.6) is 0 Å². The van der Waals surface area contributed by atoms with Gasteiger partial charge in [-0.3, -0.25) is 4.79 Å². The Morgan fingerprint density at radius 3 is 2.87 bits per heavy atom. The van der Waals surface area contributed by atoms with Crippen molar-refractivity contribution >= 4 is 5.91 Å². The van der Waals surface area contributed by atoms with E-state index < -0.39 is 0 Å². The summed E-state index contributed by atoms with van der Waals surface area (Å²) in [5.74, 6) is 0.00136. The maximum absolute atomic E-state index is 11.5. The molecule has 0 atom stereocenters. The topological polar surface area (TPSA) is 42.0 Å². The van der Waals surface area contributed by atoms with Crippen LogP contribution in [0.4, 0.5) is 0 Å². The summed E-state index contributed by atoms with van der Waals surface area (Å²) in [7, 11) is 0. The zero-order chi connectivity index (χ0) is 10.4. The molecule has 15 heavy (non-hydrogen) atoms. The Balaban J connectivity index is 2.24. The predicted molar refractivity (Wildman–Crippen MR) is 56.8 cm³/mol. The first-order chi connectivity index (χ1) is 7.27. The zero-order valence-electron chi connectivity index (χ0n) is 8.89. The molecule has 1 aliphatic carbocycles. The lowest BCUT2D eigenvalue weighted by atomic mass is 9.90. The van der Waals surface area contributed by atoms with E-state index in [-0.39, 0.29) is 5.91 Å². The molecule has 0 unspecified atom stereocenters. The van der Waals surface area contributed by atoms with E-state index in [9.17, 15) is 4.79 Å². The van der Waals surface area contributed by atoms with Crippen LogP contribution in [0.3, 0.4) is 0 Å². The molecule has 1 amide bonds. The molecule has 1 aliphatic heterocycles. The van der Waals surface area contributed by atoms with Crippen LogP contribution in [-0.4, -0.2) is 10.9 Å². The number of hydrogen-bond acceptors (Lipinski definition) is 2. The first-order valence-electron chi connectivity index (χ1n) is 5.57. The molecule has 0 saturated carbocycles. The maximum Gasteiger partial charge on any atom is 0.270 e. The average Bonchev–Trinajstić information content (AvgIpc) is 2.62. The molecule has 0 bridgehead atoms. The van der Waals surface area contributed by atoms with Crippen molar-refractivity contribution in [2.75, 3.05) is 0 Å². The summed E-state index contributed by atoms with van der Waals surface area (Å²) in [6, 6.07) is 0. The number of aryl methyl sites for hydroxylation is 1. The molecule has 2 heterocycles. The molecule has 0 fully saturated rings. The van der Waals surface area contributed by atoms with Gasteiger partial charge in [0.05, 0.1) is 0 Å². The number of hydrogen-bond donors (Lipinski definition) is 1. The summed E-state index contributed by atoms with van der Waals surface area (Å²) in [4.78, 5) is 16.1. The molecule has 0 aromatic carbocycles. The normalized spacial score (nSPS) is 18.3. The highest BCUT2D eigenvalue weighted by molar-refractivity contribution is 5.97. The molecule has 0 spiro atoms. The predicted octanol–water partition coefficient (Wildman–Crippen LogP) is 1.51. The fourth-order valence-electron chi connectivity index (χ4n) is 2.64. The summed E-state index contributed by atoms with van der Waals surface area (Å²) >= 11 is 0. The van der Waals surface area contributed by atoms with Crippen LogP contribution in [0.2, 0.25) is 0 Å². The minimum atomic E-state index is 0.00136. The van der Waals surface area contributed by atoms with E-state index >= 15 is 0 Å². The highest BCUT2D eigenvalue weighted by Crippen LogP contribution is 2.28. The van der Waals surface area contributed by atoms with Gasteiger partial charge >= 0.3 is 0 Å². The molecule has 3 heteroatoms. The van der Waals surface area contributed by atoms with E-state index in [1.165, 1.54) is 24.0 Å². The van der Waals surface area contributed by atoms with Gasteiger partial charge in [-0.25, -0.2) is 4.98 Å². The second-order valence-corrected chi connectivity index (χ2v) is 4.38. The van der Waals surface area contributed by atoms with E-state index in [2.05, 4.69) is 17.2 Å². The van der Waals surface area contributed by atoms with Gasteiger partial charge in [0.15, 0.2) is 0 Å². The number of amides is 1. The van der Waals surface area contributed by atoms with Crippen molar-refractivity contribution in [2.24, 2.45) is 0 Å². The highest BCUT2D eigenvalue weighted by Gasteiger charge is 2.26. The maximum atomic E-state index is 11.5. The molecule has 1 N–H and O–H groups in total. The van der Waals surface area contributed by atoms with E-state index in [0.29, 0.717) is 12.2 Å². The lowest BCUT2D eigenvalue weighted by Gasteiger charge is -2.18. The van der Waals surface area contributed by atoms with Crippen LogP contribution in [0.1, 0.15) is 45.7 Å². The summed E-state index contributed by atoms with van der Waals surface area (Å²) in [6.45, 7) is 2.80. The van der Waals surface area contributed by atoms with Gasteiger partial charge in [-0.05, 0) is 43.7 Å². The standard InChI is InChI=1S/C12H14N2O/c1-7-8-4-2-3-5-10(8)14-11-9(7)6-13-12(11)15/h2-6H2,1H3,(H,13,15). The van der Waals surface area contributed by atoms with Gasteiger partial charge in [0.1, 0.15) is 5.69 Å². The van der Waals surface area contributed by atoms with Gasteiger partial charge in [-0.15, -0.1) is 0 Å². The van der Waals surface area contributed by atoms with Gasteiger partial charge in [-0.1, -0.05) is 0 Å². The van der Waals surface area contributed by atoms with Crippen molar-refractivity contribution < 1.29 is 4.79 Å². The van der Waals surface area contributed by atoms with Crippen molar-refractivity contribution in [3.63, 3.8) is 0 Å². The number of carbonyl (C=O) groups excluding carboxylic acids is 1. The van der Waals surface area contributed by atoms with Crippen LogP contribution in [0.25, 0.3) is 0 Å². The van der Waals surface area contributed by atoms with Gasteiger partial charge < -0.3 is 5.32 Å². The molecule has 0 saturated heterocycles. The fourth-order valence-corrected chi connectivity index (χ4v) is 2.64. The molecule has 1 aromatic heterocycles. The molecule has 1 aromatic rings. The molecular formula is C12H14N2O. The van der Waals surface area contributed by atoms with Crippen LogP contribution < -0.4 is 5.32 Å². The van der Waals surface area contributed by atoms with Crippen molar-refractivity contribution in [3.05, 3.63) is 28.1 Å². The van der Waals surface area contributed by atoms with E-state index in [0.717, 1.165) is 24.1 Å². The Morgan fingerprint density at radius 1 is 1.20 bits per heavy atom. The zero-order valence-corrected chi connectivity index (χ0v) is 8.89.